The standard InChI is InChI=1S/C18H27N3O2S2/c1-13-18(19-10-15-4-3-9-24-15)21-12-20(13)11-17(21)14-5-7-16(8-6-14)25(2,22)23/h5-8,13,15,17-19H,3-4,9-12H2,1-2H3. The Bertz CT molecular complexity index is 716. The van der Waals surface area contributed by atoms with E-state index in [2.05, 4.69) is 33.8 Å². The first-order valence-corrected chi connectivity index (χ1v) is 12.0. The fourth-order valence-electron chi connectivity index (χ4n) is 4.33. The number of fused-ring (bicyclic) bond motifs is 2. The number of sulfone groups is 1. The van der Waals surface area contributed by atoms with Gasteiger partial charge in [0.05, 0.1) is 23.8 Å². The van der Waals surface area contributed by atoms with Crippen LogP contribution in [0.25, 0.3) is 0 Å². The SMILES string of the molecule is CC1C(NCC2CCCS2)N2CN1CC2c1ccc(S(C)(=O)=O)cc1. The molecule has 0 amide bonds. The van der Waals surface area contributed by atoms with E-state index in [0.717, 1.165) is 25.0 Å². The van der Waals surface area contributed by atoms with Gasteiger partial charge >= 0.3 is 0 Å². The van der Waals surface area contributed by atoms with Crippen LogP contribution in [0.3, 0.4) is 0 Å². The third-order valence-corrected chi connectivity index (χ3v) is 8.34. The van der Waals surface area contributed by atoms with Crippen LogP contribution >= 0.6 is 11.8 Å². The predicted octanol–water partition coefficient (Wildman–Crippen LogP) is 1.92. The Morgan fingerprint density at radius 1 is 1.28 bits per heavy atom. The average molecular weight is 382 g/mol. The molecule has 0 radical (unpaired) electrons. The maximum atomic E-state index is 11.7. The average Bonchev–Trinajstić information content (AvgIpc) is 3.29. The fourth-order valence-corrected chi connectivity index (χ4v) is 6.17. The van der Waals surface area contributed by atoms with Gasteiger partial charge in [0.2, 0.25) is 0 Å². The van der Waals surface area contributed by atoms with E-state index >= 15 is 0 Å². The molecule has 3 aliphatic heterocycles. The largest absolute Gasteiger partial charge is 0.299 e. The summed E-state index contributed by atoms with van der Waals surface area (Å²) in [6, 6.07) is 8.33. The van der Waals surface area contributed by atoms with Crippen molar-refractivity contribution >= 4 is 21.6 Å². The minimum Gasteiger partial charge on any atom is -0.299 e. The molecule has 3 fully saturated rings. The van der Waals surface area contributed by atoms with Crippen LogP contribution in [-0.2, 0) is 9.84 Å². The van der Waals surface area contributed by atoms with E-state index in [1.807, 2.05) is 12.1 Å². The van der Waals surface area contributed by atoms with Gasteiger partial charge in [0, 0.05) is 30.6 Å². The summed E-state index contributed by atoms with van der Waals surface area (Å²) in [5.74, 6) is 1.30. The Hall–Kier alpha value is -0.600. The quantitative estimate of drug-likeness (QED) is 0.841. The van der Waals surface area contributed by atoms with E-state index in [1.165, 1.54) is 30.4 Å². The highest BCUT2D eigenvalue weighted by Gasteiger charge is 2.47. The van der Waals surface area contributed by atoms with E-state index in [-0.39, 0.29) is 0 Å². The van der Waals surface area contributed by atoms with Gasteiger partial charge in [-0.1, -0.05) is 12.1 Å². The van der Waals surface area contributed by atoms with Gasteiger partial charge in [-0.3, -0.25) is 15.1 Å². The summed E-state index contributed by atoms with van der Waals surface area (Å²) in [5, 5.41) is 4.57. The van der Waals surface area contributed by atoms with Crippen LogP contribution < -0.4 is 5.32 Å². The number of hydrogen-bond donors (Lipinski definition) is 1. The predicted molar refractivity (Wildman–Crippen MR) is 102 cm³/mol. The number of nitrogens with zero attached hydrogens (tertiary/aromatic N) is 2. The fraction of sp³-hybridized carbons (Fsp3) is 0.667. The molecule has 3 heterocycles. The van der Waals surface area contributed by atoms with Crippen molar-refractivity contribution in [1.29, 1.82) is 0 Å². The van der Waals surface area contributed by atoms with Crippen molar-refractivity contribution in [1.82, 2.24) is 15.1 Å². The molecular formula is C18H27N3O2S2. The van der Waals surface area contributed by atoms with E-state index in [9.17, 15) is 8.42 Å². The lowest BCUT2D eigenvalue weighted by Crippen LogP contribution is -2.53. The molecule has 0 aliphatic carbocycles. The minimum atomic E-state index is -3.13. The van der Waals surface area contributed by atoms with Crippen LogP contribution in [0.15, 0.2) is 29.2 Å². The highest BCUT2D eigenvalue weighted by atomic mass is 32.2. The summed E-state index contributed by atoms with van der Waals surface area (Å²) in [5.41, 5.74) is 1.21. The van der Waals surface area contributed by atoms with E-state index in [4.69, 9.17) is 0 Å². The molecule has 6 atom stereocenters. The summed E-state index contributed by atoms with van der Waals surface area (Å²) < 4.78 is 23.3. The van der Waals surface area contributed by atoms with Crippen molar-refractivity contribution < 1.29 is 8.42 Å². The molecule has 0 spiro atoms. The Labute approximate surface area is 155 Å². The highest BCUT2D eigenvalue weighted by Crippen LogP contribution is 2.38. The summed E-state index contributed by atoms with van der Waals surface area (Å²) >= 11 is 2.10. The van der Waals surface area contributed by atoms with Gasteiger partial charge in [-0.15, -0.1) is 0 Å². The third-order valence-electron chi connectivity index (χ3n) is 5.81. The Balaban J connectivity index is 1.46. The van der Waals surface area contributed by atoms with Crippen LogP contribution in [0.2, 0.25) is 0 Å². The normalized spacial score (nSPS) is 37.7. The van der Waals surface area contributed by atoms with Gasteiger partial charge < -0.3 is 0 Å². The van der Waals surface area contributed by atoms with Crippen molar-refractivity contribution in [2.45, 2.75) is 48.2 Å². The number of nitrogens with one attached hydrogen (secondary N) is 1. The molecule has 3 aliphatic rings. The van der Waals surface area contributed by atoms with Crippen LogP contribution in [0.5, 0.6) is 0 Å². The Morgan fingerprint density at radius 3 is 2.64 bits per heavy atom. The van der Waals surface area contributed by atoms with E-state index in [0.29, 0.717) is 23.1 Å². The van der Waals surface area contributed by atoms with E-state index in [1.54, 1.807) is 12.1 Å². The first-order valence-electron chi connectivity index (χ1n) is 9.08. The summed E-state index contributed by atoms with van der Waals surface area (Å²) in [4.78, 5) is 5.46. The topological polar surface area (TPSA) is 52.6 Å². The van der Waals surface area contributed by atoms with Crippen LogP contribution in [0, 0.1) is 0 Å². The lowest BCUT2D eigenvalue weighted by molar-refractivity contribution is 0.133. The molecular weight excluding hydrogens is 354 g/mol. The second kappa shape index (κ2) is 6.85. The van der Waals surface area contributed by atoms with Crippen molar-refractivity contribution in [3.8, 4) is 0 Å². The van der Waals surface area contributed by atoms with Gasteiger partial charge in [0.25, 0.3) is 0 Å². The molecule has 0 aromatic heterocycles. The maximum Gasteiger partial charge on any atom is 0.175 e. The number of thioether (sulfide) groups is 1. The molecule has 3 saturated heterocycles. The molecule has 0 saturated carbocycles. The Kier molecular flexibility index (Phi) is 4.88. The van der Waals surface area contributed by atoms with Crippen LogP contribution in [0.1, 0.15) is 31.4 Å². The van der Waals surface area contributed by atoms with Gasteiger partial charge in [-0.2, -0.15) is 11.8 Å². The molecule has 1 N–H and O–H groups in total. The van der Waals surface area contributed by atoms with Crippen molar-refractivity contribution in [2.24, 2.45) is 0 Å². The number of hydrogen-bond acceptors (Lipinski definition) is 6. The molecule has 7 heteroatoms. The van der Waals surface area contributed by atoms with Crippen LogP contribution in [0.4, 0.5) is 0 Å². The third kappa shape index (κ3) is 3.49. The first-order chi connectivity index (χ1) is 11.9. The maximum absolute atomic E-state index is 11.7. The second-order valence-corrected chi connectivity index (χ2v) is 10.9. The van der Waals surface area contributed by atoms with Gasteiger partial charge in [-0.25, -0.2) is 8.42 Å². The lowest BCUT2D eigenvalue weighted by atomic mass is 10.0. The molecule has 4 rings (SSSR count). The number of rotatable bonds is 5. The van der Waals surface area contributed by atoms with Crippen molar-refractivity contribution in [3.05, 3.63) is 29.8 Å². The van der Waals surface area contributed by atoms with Crippen molar-refractivity contribution in [3.63, 3.8) is 0 Å². The molecule has 2 bridgehead atoms. The monoisotopic (exact) mass is 381 g/mol. The zero-order valence-electron chi connectivity index (χ0n) is 14.9. The van der Waals surface area contributed by atoms with Gasteiger partial charge in [0.1, 0.15) is 0 Å². The molecule has 6 unspecified atom stereocenters. The summed E-state index contributed by atoms with van der Waals surface area (Å²) in [7, 11) is -3.13. The molecule has 5 nitrogen and oxygen atoms in total. The minimum absolute atomic E-state index is 0.346. The van der Waals surface area contributed by atoms with Gasteiger partial charge in [-0.05, 0) is 43.2 Å². The highest BCUT2D eigenvalue weighted by molar-refractivity contribution is 8.00. The van der Waals surface area contributed by atoms with Crippen LogP contribution in [-0.4, -0.2) is 67.4 Å². The molecule has 1 aromatic carbocycles. The summed E-state index contributed by atoms with van der Waals surface area (Å²) in [6.45, 7) is 5.41. The van der Waals surface area contributed by atoms with E-state index < -0.39 is 9.84 Å². The first kappa shape index (κ1) is 17.8. The number of piperazine rings is 1. The zero-order chi connectivity index (χ0) is 17.6. The Morgan fingerprint density at radius 2 is 2.04 bits per heavy atom. The lowest BCUT2D eigenvalue weighted by Gasteiger charge is -2.37. The zero-order valence-corrected chi connectivity index (χ0v) is 16.5. The van der Waals surface area contributed by atoms with Crippen molar-refractivity contribution in [2.75, 3.05) is 31.8 Å². The molecule has 1 aromatic rings. The second-order valence-electron chi connectivity index (χ2n) is 7.51. The molecule has 138 valence electrons. The molecule has 25 heavy (non-hydrogen) atoms. The summed E-state index contributed by atoms with van der Waals surface area (Å²) in [6.07, 6.45) is 4.33. The number of benzene rings is 1. The smallest absolute Gasteiger partial charge is 0.175 e. The van der Waals surface area contributed by atoms with Gasteiger partial charge in [0.15, 0.2) is 9.84 Å².